The van der Waals surface area contributed by atoms with Gasteiger partial charge in [0, 0.05) is 24.4 Å². The normalized spacial score (nSPS) is 21.7. The number of amides is 2. The van der Waals surface area contributed by atoms with Crippen LogP contribution in [0.1, 0.15) is 13.3 Å². The average Bonchev–Trinajstić information content (AvgIpc) is 2.54. The topological polar surface area (TPSA) is 49.9 Å². The van der Waals surface area contributed by atoms with Crippen molar-refractivity contribution in [2.24, 2.45) is 0 Å². The number of hydrogen-bond donors (Lipinski definition) is 0. The van der Waals surface area contributed by atoms with Crippen LogP contribution < -0.4 is 4.90 Å². The second-order valence-electron chi connectivity index (χ2n) is 5.56. The number of carbonyl (C=O) groups excluding carboxylic acids is 2. The van der Waals surface area contributed by atoms with Crippen molar-refractivity contribution in [1.29, 1.82) is 0 Å². The van der Waals surface area contributed by atoms with Gasteiger partial charge in [-0.1, -0.05) is 12.1 Å². The van der Waals surface area contributed by atoms with Gasteiger partial charge < -0.3 is 14.5 Å². The predicted molar refractivity (Wildman–Crippen MR) is 86.1 cm³/mol. The molecule has 0 bridgehead atoms. The number of ether oxygens (including phenoxy) is 1. The van der Waals surface area contributed by atoms with Crippen molar-refractivity contribution in [1.82, 2.24) is 4.90 Å². The van der Waals surface area contributed by atoms with Crippen molar-refractivity contribution in [3.05, 3.63) is 24.3 Å². The Hall–Kier alpha value is -1.53. The van der Waals surface area contributed by atoms with E-state index in [9.17, 15) is 9.59 Å². The Morgan fingerprint density at radius 2 is 2.23 bits per heavy atom. The molecule has 5 nitrogen and oxygen atoms in total. The van der Waals surface area contributed by atoms with Gasteiger partial charge in [-0.2, -0.15) is 0 Å². The van der Waals surface area contributed by atoms with Gasteiger partial charge in [-0.05, 0) is 19.1 Å². The first-order valence-electron chi connectivity index (χ1n) is 7.56. The quantitative estimate of drug-likeness (QED) is 0.851. The molecule has 6 heteroatoms. The molecule has 1 atom stereocenters. The minimum Gasteiger partial charge on any atom is -0.377 e. The SMILES string of the molecule is C[C@@H]1COCCN1C(=O)CCN1C(=O)CSc2ccccc21. The van der Waals surface area contributed by atoms with Crippen LogP contribution in [0.3, 0.4) is 0 Å². The van der Waals surface area contributed by atoms with Gasteiger partial charge in [-0.25, -0.2) is 0 Å². The Morgan fingerprint density at radius 1 is 1.41 bits per heavy atom. The Kier molecular flexibility index (Phi) is 4.69. The number of carbonyl (C=O) groups is 2. The molecule has 1 fully saturated rings. The van der Waals surface area contributed by atoms with E-state index in [-0.39, 0.29) is 17.9 Å². The summed E-state index contributed by atoms with van der Waals surface area (Å²) in [5, 5.41) is 0. The lowest BCUT2D eigenvalue weighted by atomic mass is 10.2. The maximum Gasteiger partial charge on any atom is 0.237 e. The molecule has 1 aromatic rings. The molecular weight excluding hydrogens is 300 g/mol. The van der Waals surface area contributed by atoms with E-state index in [0.29, 0.717) is 38.5 Å². The van der Waals surface area contributed by atoms with Crippen molar-refractivity contribution >= 4 is 29.3 Å². The summed E-state index contributed by atoms with van der Waals surface area (Å²) in [5.74, 6) is 0.616. The van der Waals surface area contributed by atoms with Gasteiger partial charge in [-0.3, -0.25) is 9.59 Å². The van der Waals surface area contributed by atoms with Crippen LogP contribution in [0.2, 0.25) is 0 Å². The number of anilines is 1. The molecule has 0 spiro atoms. The second kappa shape index (κ2) is 6.71. The molecule has 22 heavy (non-hydrogen) atoms. The molecule has 1 saturated heterocycles. The summed E-state index contributed by atoms with van der Waals surface area (Å²) in [7, 11) is 0. The van der Waals surface area contributed by atoms with Gasteiger partial charge in [0.2, 0.25) is 11.8 Å². The second-order valence-corrected chi connectivity index (χ2v) is 6.58. The maximum absolute atomic E-state index is 12.4. The number of hydrogen-bond acceptors (Lipinski definition) is 4. The molecule has 0 aliphatic carbocycles. The van der Waals surface area contributed by atoms with E-state index < -0.39 is 0 Å². The van der Waals surface area contributed by atoms with Crippen LogP contribution in [0.25, 0.3) is 0 Å². The first-order valence-corrected chi connectivity index (χ1v) is 8.55. The Morgan fingerprint density at radius 3 is 3.05 bits per heavy atom. The van der Waals surface area contributed by atoms with E-state index in [1.165, 1.54) is 0 Å². The van der Waals surface area contributed by atoms with Gasteiger partial charge in [0.15, 0.2) is 0 Å². The number of nitrogens with zero attached hydrogens (tertiary/aromatic N) is 2. The fourth-order valence-electron chi connectivity index (χ4n) is 2.85. The van der Waals surface area contributed by atoms with E-state index in [2.05, 4.69) is 0 Å². The van der Waals surface area contributed by atoms with E-state index >= 15 is 0 Å². The highest BCUT2D eigenvalue weighted by atomic mass is 32.2. The average molecular weight is 320 g/mol. The zero-order valence-electron chi connectivity index (χ0n) is 12.7. The van der Waals surface area contributed by atoms with Gasteiger partial charge in [0.1, 0.15) is 0 Å². The van der Waals surface area contributed by atoms with E-state index in [1.807, 2.05) is 36.1 Å². The van der Waals surface area contributed by atoms with Crippen molar-refractivity contribution in [3.63, 3.8) is 0 Å². The number of benzene rings is 1. The molecule has 0 unspecified atom stereocenters. The van der Waals surface area contributed by atoms with Crippen LogP contribution in [0, 0.1) is 0 Å². The molecule has 3 rings (SSSR count). The highest BCUT2D eigenvalue weighted by molar-refractivity contribution is 8.00. The van der Waals surface area contributed by atoms with Crippen LogP contribution in [-0.4, -0.2) is 54.8 Å². The lowest BCUT2D eigenvalue weighted by Gasteiger charge is -2.34. The molecule has 2 aliphatic rings. The summed E-state index contributed by atoms with van der Waals surface area (Å²) in [5.41, 5.74) is 0.923. The van der Waals surface area contributed by atoms with Gasteiger partial charge in [-0.15, -0.1) is 11.8 Å². The first-order chi connectivity index (χ1) is 10.7. The first kappa shape index (κ1) is 15.4. The highest BCUT2D eigenvalue weighted by Gasteiger charge is 2.27. The maximum atomic E-state index is 12.4. The van der Waals surface area contributed by atoms with Gasteiger partial charge >= 0.3 is 0 Å². The number of rotatable bonds is 3. The third-order valence-corrected chi connectivity index (χ3v) is 5.09. The predicted octanol–water partition coefficient (Wildman–Crippen LogP) is 1.76. The lowest BCUT2D eigenvalue weighted by Crippen LogP contribution is -2.48. The Balaban J connectivity index is 1.66. The molecular formula is C16H20N2O3S. The molecule has 1 aromatic carbocycles. The van der Waals surface area contributed by atoms with Crippen molar-refractivity contribution in [2.75, 3.05) is 37.0 Å². The molecule has 0 saturated carbocycles. The number of thioether (sulfide) groups is 1. The Bertz CT molecular complexity index is 578. The summed E-state index contributed by atoms with van der Waals surface area (Å²) in [4.78, 5) is 29.3. The number of fused-ring (bicyclic) bond motifs is 1. The van der Waals surface area contributed by atoms with Crippen LogP contribution >= 0.6 is 11.8 Å². The molecule has 118 valence electrons. The molecule has 0 aromatic heterocycles. The van der Waals surface area contributed by atoms with Gasteiger partial charge in [0.05, 0.1) is 30.7 Å². The minimum atomic E-state index is 0.0755. The molecule has 2 aliphatic heterocycles. The van der Waals surface area contributed by atoms with E-state index in [4.69, 9.17) is 4.74 Å². The van der Waals surface area contributed by atoms with Crippen LogP contribution in [0.4, 0.5) is 5.69 Å². The lowest BCUT2D eigenvalue weighted by molar-refractivity contribution is -0.138. The zero-order chi connectivity index (χ0) is 15.5. The Labute approximate surface area is 134 Å². The molecule has 2 amide bonds. The molecule has 0 N–H and O–H groups in total. The summed E-state index contributed by atoms with van der Waals surface area (Å²) < 4.78 is 5.36. The monoisotopic (exact) mass is 320 g/mol. The van der Waals surface area contributed by atoms with E-state index in [1.54, 1.807) is 16.7 Å². The van der Waals surface area contributed by atoms with Crippen LogP contribution in [-0.2, 0) is 14.3 Å². The van der Waals surface area contributed by atoms with E-state index in [0.717, 1.165) is 10.6 Å². The molecule has 2 heterocycles. The largest absolute Gasteiger partial charge is 0.377 e. The summed E-state index contributed by atoms with van der Waals surface area (Å²) in [6.07, 6.45) is 0.356. The van der Waals surface area contributed by atoms with Crippen molar-refractivity contribution in [2.45, 2.75) is 24.3 Å². The van der Waals surface area contributed by atoms with Crippen LogP contribution in [0.5, 0.6) is 0 Å². The third-order valence-electron chi connectivity index (χ3n) is 4.05. The fraction of sp³-hybridized carbons (Fsp3) is 0.500. The standard InChI is InChI=1S/C16H20N2O3S/c1-12-10-21-9-8-17(12)15(19)6-7-18-13-4-2-3-5-14(13)22-11-16(18)20/h2-5,12H,6-11H2,1H3/t12-/m1/s1. The number of para-hydroxylation sites is 1. The number of morpholine rings is 1. The third kappa shape index (κ3) is 3.13. The summed E-state index contributed by atoms with van der Waals surface area (Å²) in [6.45, 7) is 4.26. The zero-order valence-corrected chi connectivity index (χ0v) is 13.5. The minimum absolute atomic E-state index is 0.0755. The molecule has 0 radical (unpaired) electrons. The summed E-state index contributed by atoms with van der Waals surface area (Å²) >= 11 is 1.56. The van der Waals surface area contributed by atoms with Gasteiger partial charge in [0.25, 0.3) is 0 Å². The van der Waals surface area contributed by atoms with Crippen molar-refractivity contribution < 1.29 is 14.3 Å². The highest BCUT2D eigenvalue weighted by Crippen LogP contribution is 2.34. The summed E-state index contributed by atoms with van der Waals surface area (Å²) in [6, 6.07) is 7.98. The smallest absolute Gasteiger partial charge is 0.237 e. The van der Waals surface area contributed by atoms with Crippen LogP contribution in [0.15, 0.2) is 29.2 Å². The van der Waals surface area contributed by atoms with Crippen molar-refractivity contribution in [3.8, 4) is 0 Å². The fourth-order valence-corrected chi connectivity index (χ4v) is 3.78.